The van der Waals surface area contributed by atoms with Crippen LogP contribution in [0.5, 0.6) is 0 Å². The van der Waals surface area contributed by atoms with E-state index in [1.165, 1.54) is 33.9 Å². The van der Waals surface area contributed by atoms with E-state index in [1.54, 1.807) is 24.4 Å². The van der Waals surface area contributed by atoms with Crippen molar-refractivity contribution in [2.45, 2.75) is 38.3 Å². The maximum Gasteiger partial charge on any atom is 0.294 e. The van der Waals surface area contributed by atoms with Gasteiger partial charge in [-0.1, -0.05) is 25.0 Å². The number of fused-ring (bicyclic) bond motifs is 1. The Bertz CT molecular complexity index is 1410. The van der Waals surface area contributed by atoms with E-state index in [2.05, 4.69) is 20.5 Å². The second-order valence-corrected chi connectivity index (χ2v) is 7.86. The van der Waals surface area contributed by atoms with Crippen LogP contribution >= 0.6 is 0 Å². The lowest BCUT2D eigenvalue weighted by Crippen LogP contribution is -2.28. The topological polar surface area (TPSA) is 143 Å². The average Bonchev–Trinajstić information content (AvgIpc) is 3.56. The van der Waals surface area contributed by atoms with Crippen LogP contribution in [-0.2, 0) is 11.3 Å². The van der Waals surface area contributed by atoms with Crippen LogP contribution in [0.1, 0.15) is 31.7 Å². The number of nitrogens with one attached hydrogen (secondary N) is 1. The Morgan fingerprint density at radius 2 is 1.97 bits per heavy atom. The summed E-state index contributed by atoms with van der Waals surface area (Å²) in [5.74, 6) is 0.210. The van der Waals surface area contributed by atoms with Gasteiger partial charge in [-0.15, -0.1) is 0 Å². The van der Waals surface area contributed by atoms with Crippen molar-refractivity contribution < 1.29 is 9.72 Å². The van der Waals surface area contributed by atoms with E-state index >= 15 is 0 Å². The molecule has 0 unspecified atom stereocenters. The molecule has 1 aliphatic rings. The minimum Gasteiger partial charge on any atom is -0.309 e. The summed E-state index contributed by atoms with van der Waals surface area (Å²) in [5, 5.41) is 22.8. The van der Waals surface area contributed by atoms with Crippen molar-refractivity contribution in [3.63, 3.8) is 0 Å². The average molecular weight is 448 g/mol. The van der Waals surface area contributed by atoms with Crippen molar-refractivity contribution in [2.24, 2.45) is 0 Å². The quantitative estimate of drug-likeness (QED) is 0.352. The SMILES string of the molecule is O=C(Cn1cnc2c(cnn2-c2ccccc2[N+](=O)[O-])c1=O)Nc1ccnn1C1CCCC1. The van der Waals surface area contributed by atoms with E-state index in [9.17, 15) is 19.7 Å². The van der Waals surface area contributed by atoms with Gasteiger partial charge in [-0.3, -0.25) is 24.3 Å². The highest BCUT2D eigenvalue weighted by atomic mass is 16.6. The molecule has 0 spiro atoms. The largest absolute Gasteiger partial charge is 0.309 e. The number of para-hydroxylation sites is 2. The second kappa shape index (κ2) is 8.30. The molecule has 1 aromatic carbocycles. The lowest BCUT2D eigenvalue weighted by molar-refractivity contribution is -0.384. The molecule has 0 saturated heterocycles. The molecular formula is C21H20N8O4. The normalized spacial score (nSPS) is 14.1. The lowest BCUT2D eigenvalue weighted by atomic mass is 10.2. The summed E-state index contributed by atoms with van der Waals surface area (Å²) >= 11 is 0. The van der Waals surface area contributed by atoms with E-state index in [-0.39, 0.29) is 40.9 Å². The molecule has 1 fully saturated rings. The fourth-order valence-electron chi connectivity index (χ4n) is 4.23. The van der Waals surface area contributed by atoms with Gasteiger partial charge in [-0.05, 0) is 18.9 Å². The van der Waals surface area contributed by atoms with Gasteiger partial charge in [-0.2, -0.15) is 10.2 Å². The molecule has 1 saturated carbocycles. The first kappa shape index (κ1) is 20.5. The van der Waals surface area contributed by atoms with Crippen molar-refractivity contribution in [1.82, 2.24) is 29.1 Å². The summed E-state index contributed by atoms with van der Waals surface area (Å²) < 4.78 is 4.25. The van der Waals surface area contributed by atoms with Gasteiger partial charge in [0.2, 0.25) is 5.91 Å². The van der Waals surface area contributed by atoms with Gasteiger partial charge in [0.05, 0.1) is 23.4 Å². The molecule has 1 N–H and O–H groups in total. The zero-order chi connectivity index (χ0) is 22.9. The maximum atomic E-state index is 12.9. The highest BCUT2D eigenvalue weighted by molar-refractivity contribution is 5.90. The third kappa shape index (κ3) is 3.75. The lowest BCUT2D eigenvalue weighted by Gasteiger charge is -2.15. The molecule has 4 aromatic rings. The number of nitrogens with zero attached hydrogens (tertiary/aromatic N) is 7. The van der Waals surface area contributed by atoms with Crippen molar-refractivity contribution in [3.8, 4) is 5.69 Å². The minimum atomic E-state index is -0.523. The fraction of sp³-hybridized carbons (Fsp3) is 0.286. The highest BCUT2D eigenvalue weighted by Gasteiger charge is 2.22. The summed E-state index contributed by atoms with van der Waals surface area (Å²) in [5.41, 5.74) is -0.263. The first-order valence-corrected chi connectivity index (χ1v) is 10.5. The first-order chi connectivity index (χ1) is 16.0. The van der Waals surface area contributed by atoms with Crippen molar-refractivity contribution in [1.29, 1.82) is 0 Å². The molecule has 1 amide bonds. The molecule has 1 aliphatic carbocycles. The summed E-state index contributed by atoms with van der Waals surface area (Å²) in [6.07, 6.45) is 8.50. The van der Waals surface area contributed by atoms with Gasteiger partial charge in [0.15, 0.2) is 5.65 Å². The predicted octanol–water partition coefficient (Wildman–Crippen LogP) is 2.44. The maximum absolute atomic E-state index is 12.9. The molecule has 33 heavy (non-hydrogen) atoms. The Labute approximate surface area is 186 Å². The summed E-state index contributed by atoms with van der Waals surface area (Å²) in [6.45, 7) is -0.242. The van der Waals surface area contributed by atoms with Crippen molar-refractivity contribution in [2.75, 3.05) is 5.32 Å². The molecule has 168 valence electrons. The summed E-state index contributed by atoms with van der Waals surface area (Å²) in [4.78, 5) is 40.7. The number of carbonyl (C=O) groups excluding carboxylic acids is 1. The molecule has 3 aromatic heterocycles. The van der Waals surface area contributed by atoms with E-state index < -0.39 is 10.5 Å². The molecule has 12 nitrogen and oxygen atoms in total. The molecule has 3 heterocycles. The third-order valence-electron chi connectivity index (χ3n) is 5.78. The molecule has 0 atom stereocenters. The number of benzene rings is 1. The van der Waals surface area contributed by atoms with E-state index in [0.29, 0.717) is 5.82 Å². The number of hydrogen-bond donors (Lipinski definition) is 1. The number of hydrogen-bond acceptors (Lipinski definition) is 7. The molecule has 0 bridgehead atoms. The molecule has 0 aliphatic heterocycles. The Balaban J connectivity index is 1.40. The Kier molecular flexibility index (Phi) is 5.17. The molecule has 0 radical (unpaired) electrons. The second-order valence-electron chi connectivity index (χ2n) is 7.86. The van der Waals surface area contributed by atoms with Gasteiger partial charge in [0.25, 0.3) is 11.2 Å². The number of carbonyl (C=O) groups is 1. The van der Waals surface area contributed by atoms with Gasteiger partial charge < -0.3 is 5.32 Å². The smallest absolute Gasteiger partial charge is 0.294 e. The number of aromatic nitrogens is 6. The van der Waals surface area contributed by atoms with Crippen LogP contribution in [0.4, 0.5) is 11.5 Å². The fourth-order valence-corrected chi connectivity index (χ4v) is 4.23. The predicted molar refractivity (Wildman–Crippen MR) is 118 cm³/mol. The molecular weight excluding hydrogens is 428 g/mol. The third-order valence-corrected chi connectivity index (χ3v) is 5.78. The Hall–Kier alpha value is -4.35. The number of nitro groups is 1. The van der Waals surface area contributed by atoms with E-state index in [1.807, 2.05) is 4.68 Å². The summed E-state index contributed by atoms with van der Waals surface area (Å²) in [6, 6.07) is 8.06. The minimum absolute atomic E-state index is 0.152. The summed E-state index contributed by atoms with van der Waals surface area (Å²) in [7, 11) is 0. The van der Waals surface area contributed by atoms with Crippen molar-refractivity contribution >= 4 is 28.4 Å². The standard InChI is InChI=1S/C21H20N8O4/c30-19(25-18-9-10-23-27(18)14-5-1-2-6-14)12-26-13-22-20-15(21(26)31)11-24-28(20)16-7-3-4-8-17(16)29(32)33/h3-4,7-11,13-14H,1-2,5-6,12H2,(H,25,30). The number of anilines is 1. The number of rotatable bonds is 6. The Morgan fingerprint density at radius 1 is 1.18 bits per heavy atom. The van der Waals surface area contributed by atoms with Crippen LogP contribution in [0.15, 0.2) is 53.8 Å². The highest BCUT2D eigenvalue weighted by Crippen LogP contribution is 2.31. The van der Waals surface area contributed by atoms with Gasteiger partial charge >= 0.3 is 0 Å². The first-order valence-electron chi connectivity index (χ1n) is 10.5. The molecule has 12 heteroatoms. The van der Waals surface area contributed by atoms with Crippen LogP contribution in [0, 0.1) is 10.1 Å². The van der Waals surface area contributed by atoms with E-state index in [0.717, 1.165) is 25.7 Å². The van der Waals surface area contributed by atoms with Crippen LogP contribution in [0.25, 0.3) is 16.7 Å². The van der Waals surface area contributed by atoms with Gasteiger partial charge in [0, 0.05) is 12.1 Å². The van der Waals surface area contributed by atoms with Gasteiger partial charge in [-0.25, -0.2) is 14.3 Å². The van der Waals surface area contributed by atoms with Crippen LogP contribution < -0.4 is 10.9 Å². The van der Waals surface area contributed by atoms with Crippen molar-refractivity contribution in [3.05, 3.63) is 69.5 Å². The number of amides is 1. The van der Waals surface area contributed by atoms with E-state index in [4.69, 9.17) is 0 Å². The van der Waals surface area contributed by atoms with Gasteiger partial charge in [0.1, 0.15) is 29.8 Å². The zero-order valence-electron chi connectivity index (χ0n) is 17.5. The van der Waals surface area contributed by atoms with Crippen LogP contribution in [0.3, 0.4) is 0 Å². The van der Waals surface area contributed by atoms with Crippen LogP contribution in [-0.4, -0.2) is 39.9 Å². The molecule has 5 rings (SSSR count). The number of nitro benzene ring substituents is 1. The monoisotopic (exact) mass is 448 g/mol. The van der Waals surface area contributed by atoms with Crippen LogP contribution in [0.2, 0.25) is 0 Å². The zero-order valence-corrected chi connectivity index (χ0v) is 17.5. The Morgan fingerprint density at radius 3 is 2.76 bits per heavy atom.